The summed E-state index contributed by atoms with van der Waals surface area (Å²) in [5.74, 6) is -1.25. The molecule has 1 N–H and O–H groups in total. The van der Waals surface area contributed by atoms with Crippen LogP contribution in [0.25, 0.3) is 11.0 Å². The largest absolute Gasteiger partial charge is 0.480 e. The highest BCUT2D eigenvalue weighted by atomic mass is 32.2. The number of benzene rings is 2. The highest BCUT2D eigenvalue weighted by Gasteiger charge is 2.41. The number of aliphatic carboxylic acids is 1. The smallest absolute Gasteiger partial charge is 0.323 e. The first kappa shape index (κ1) is 25.6. The molecular formula is C29H27N3O5S2. The van der Waals surface area contributed by atoms with Crippen LogP contribution in [0.1, 0.15) is 48.8 Å². The van der Waals surface area contributed by atoms with E-state index in [1.807, 2.05) is 12.1 Å². The summed E-state index contributed by atoms with van der Waals surface area (Å²) >= 11 is 1.81. The number of anilines is 1. The van der Waals surface area contributed by atoms with E-state index in [2.05, 4.69) is 41.3 Å². The molecule has 200 valence electrons. The lowest BCUT2D eigenvalue weighted by Crippen LogP contribution is -2.35. The first-order valence-corrected chi connectivity index (χ1v) is 14.6. The molecule has 1 aromatic heterocycles. The molecule has 2 aromatic carbocycles. The average Bonchev–Trinajstić information content (AvgIpc) is 3.65. The normalized spacial score (nSPS) is 22.1. The summed E-state index contributed by atoms with van der Waals surface area (Å²) in [7, 11) is 0. The molecule has 1 saturated carbocycles. The number of rotatable bonds is 6. The van der Waals surface area contributed by atoms with E-state index in [4.69, 9.17) is 0 Å². The van der Waals surface area contributed by atoms with E-state index < -0.39 is 29.2 Å². The predicted molar refractivity (Wildman–Crippen MR) is 152 cm³/mol. The van der Waals surface area contributed by atoms with Gasteiger partial charge in [0.2, 0.25) is 0 Å². The lowest BCUT2D eigenvalue weighted by atomic mass is 9.96. The highest BCUT2D eigenvalue weighted by molar-refractivity contribution is 8.23. The Hall–Kier alpha value is -3.63. The third kappa shape index (κ3) is 4.51. The molecule has 6 rings (SSSR count). The van der Waals surface area contributed by atoms with Gasteiger partial charge in [0.15, 0.2) is 0 Å². The van der Waals surface area contributed by atoms with Crippen LogP contribution in [0.2, 0.25) is 0 Å². The number of amides is 2. The van der Waals surface area contributed by atoms with Crippen LogP contribution >= 0.6 is 23.1 Å². The highest BCUT2D eigenvalue weighted by Crippen LogP contribution is 2.50. The van der Waals surface area contributed by atoms with E-state index in [1.54, 1.807) is 13.0 Å². The first-order valence-electron chi connectivity index (χ1n) is 13.0. The van der Waals surface area contributed by atoms with Crippen molar-refractivity contribution in [3.8, 4) is 0 Å². The lowest BCUT2D eigenvalue weighted by Gasteiger charge is -2.27. The Balaban J connectivity index is 1.43. The number of hydrogen-bond acceptors (Lipinski definition) is 7. The van der Waals surface area contributed by atoms with Gasteiger partial charge in [-0.15, -0.1) is 11.3 Å². The SMILES string of the molecule is CCN1C(=O)S/C(=c2/s/c(=C/c3ccc4c(c3)C3CCCC3N4Cc3ccccc3)c(=O)n2CC(=O)O)C1=O. The number of carbonyl (C=O) groups excluding carboxylic acids is 2. The van der Waals surface area contributed by atoms with Crippen molar-refractivity contribution in [1.82, 2.24) is 9.47 Å². The number of thiazole rings is 1. The molecule has 3 aromatic rings. The van der Waals surface area contributed by atoms with Crippen LogP contribution in [-0.2, 0) is 22.7 Å². The van der Waals surface area contributed by atoms with E-state index in [-0.39, 0.29) is 16.1 Å². The van der Waals surface area contributed by atoms with Crippen molar-refractivity contribution < 1.29 is 19.5 Å². The molecule has 10 heteroatoms. The van der Waals surface area contributed by atoms with Gasteiger partial charge in [-0.1, -0.05) is 42.8 Å². The number of carboxylic acid groups (broad SMARTS) is 1. The number of hydrogen-bond donors (Lipinski definition) is 1. The Morgan fingerprint density at radius 1 is 1.10 bits per heavy atom. The van der Waals surface area contributed by atoms with Crippen molar-refractivity contribution in [2.75, 3.05) is 11.4 Å². The van der Waals surface area contributed by atoms with Crippen LogP contribution in [0.15, 0.2) is 53.3 Å². The molecule has 0 spiro atoms. The van der Waals surface area contributed by atoms with E-state index >= 15 is 0 Å². The van der Waals surface area contributed by atoms with Crippen LogP contribution < -0.4 is 19.7 Å². The zero-order chi connectivity index (χ0) is 27.3. The average molecular weight is 562 g/mol. The number of imide groups is 1. The molecule has 1 saturated heterocycles. The van der Waals surface area contributed by atoms with Gasteiger partial charge < -0.3 is 10.0 Å². The Kier molecular flexibility index (Phi) is 6.68. The molecular weight excluding hydrogens is 534 g/mol. The summed E-state index contributed by atoms with van der Waals surface area (Å²) in [5.41, 5.74) is 4.15. The molecule has 2 unspecified atom stereocenters. The van der Waals surface area contributed by atoms with E-state index in [9.17, 15) is 24.3 Å². The summed E-state index contributed by atoms with van der Waals surface area (Å²) < 4.78 is 1.63. The summed E-state index contributed by atoms with van der Waals surface area (Å²) in [6.45, 7) is 2.17. The molecule has 2 atom stereocenters. The van der Waals surface area contributed by atoms with Gasteiger partial charge in [-0.3, -0.25) is 28.6 Å². The summed E-state index contributed by atoms with van der Waals surface area (Å²) in [4.78, 5) is 53.7. The van der Waals surface area contributed by atoms with E-state index in [0.29, 0.717) is 16.5 Å². The van der Waals surface area contributed by atoms with Crippen molar-refractivity contribution in [2.45, 2.75) is 51.2 Å². The summed E-state index contributed by atoms with van der Waals surface area (Å²) in [6, 6.07) is 17.2. The van der Waals surface area contributed by atoms with Gasteiger partial charge >= 0.3 is 5.97 Å². The zero-order valence-corrected chi connectivity index (χ0v) is 23.0. The minimum atomic E-state index is -1.19. The van der Waals surface area contributed by atoms with Crippen LogP contribution in [-0.4, -0.2) is 44.3 Å². The number of thioether (sulfide) groups is 1. The van der Waals surface area contributed by atoms with E-state index in [0.717, 1.165) is 57.5 Å². The maximum absolute atomic E-state index is 13.3. The van der Waals surface area contributed by atoms with Crippen molar-refractivity contribution in [1.29, 1.82) is 0 Å². The lowest BCUT2D eigenvalue weighted by molar-refractivity contribution is -0.137. The topological polar surface area (TPSA) is 99.9 Å². The van der Waals surface area contributed by atoms with Gasteiger partial charge in [0.1, 0.15) is 16.1 Å². The Bertz CT molecular complexity index is 1680. The fraction of sp³-hybridized carbons (Fsp3) is 0.310. The van der Waals surface area contributed by atoms with Gasteiger partial charge in [0.05, 0.1) is 4.53 Å². The third-order valence-electron chi connectivity index (χ3n) is 7.69. The van der Waals surface area contributed by atoms with Crippen LogP contribution in [0.3, 0.4) is 0 Å². The number of carbonyl (C=O) groups is 3. The number of carboxylic acids is 1. The number of aromatic nitrogens is 1. The molecule has 3 aliphatic rings. The first-order chi connectivity index (χ1) is 18.9. The van der Waals surface area contributed by atoms with Crippen molar-refractivity contribution in [3.63, 3.8) is 0 Å². The molecule has 0 bridgehead atoms. The van der Waals surface area contributed by atoms with Crippen molar-refractivity contribution in [3.05, 3.63) is 84.8 Å². The second-order valence-corrected chi connectivity index (χ2v) is 12.0. The molecule has 0 radical (unpaired) electrons. The summed E-state index contributed by atoms with van der Waals surface area (Å²) in [6.07, 6.45) is 5.22. The molecule has 3 heterocycles. The number of nitrogens with zero attached hydrogens (tertiary/aromatic N) is 3. The molecule has 2 aliphatic heterocycles. The molecule has 1 aliphatic carbocycles. The Morgan fingerprint density at radius 2 is 1.90 bits per heavy atom. The number of fused-ring (bicyclic) bond motifs is 3. The Morgan fingerprint density at radius 3 is 2.62 bits per heavy atom. The zero-order valence-electron chi connectivity index (χ0n) is 21.3. The van der Waals surface area contributed by atoms with E-state index in [1.165, 1.54) is 23.2 Å². The van der Waals surface area contributed by atoms with Gasteiger partial charge in [0.25, 0.3) is 16.7 Å². The molecule has 2 amide bonds. The van der Waals surface area contributed by atoms with Crippen LogP contribution in [0, 0.1) is 0 Å². The van der Waals surface area contributed by atoms with Gasteiger partial charge in [-0.05, 0) is 66.4 Å². The van der Waals surface area contributed by atoms with Crippen molar-refractivity contribution >= 4 is 56.9 Å². The monoisotopic (exact) mass is 561 g/mol. The second-order valence-electron chi connectivity index (χ2n) is 9.98. The Labute approximate surface area is 232 Å². The quantitative estimate of drug-likeness (QED) is 0.493. The molecule has 39 heavy (non-hydrogen) atoms. The third-order valence-corrected chi connectivity index (χ3v) is 9.92. The fourth-order valence-electron chi connectivity index (χ4n) is 5.98. The van der Waals surface area contributed by atoms with Gasteiger partial charge in [0, 0.05) is 30.7 Å². The van der Waals surface area contributed by atoms with Gasteiger partial charge in [-0.2, -0.15) is 0 Å². The van der Waals surface area contributed by atoms with Crippen LogP contribution in [0.4, 0.5) is 10.5 Å². The standard InChI is InChI=1S/C29H27N3O5S2/c1-2-30-27(36)25(39-29(30)37)28-32(16-24(33)34)26(35)23(38-28)14-18-11-12-22-20(13-18)19-9-6-10-21(19)31(22)15-17-7-4-3-5-8-17/h3-5,7-8,11-14,19,21H,2,6,9-10,15-16H2,1H3,(H,33,34)/b23-14+,28-25+. The second kappa shape index (κ2) is 10.2. The predicted octanol–water partition coefficient (Wildman–Crippen LogP) is 3.30. The van der Waals surface area contributed by atoms with Gasteiger partial charge in [-0.25, -0.2) is 0 Å². The maximum atomic E-state index is 13.3. The fourth-order valence-corrected chi connectivity index (χ4v) is 8.16. The minimum absolute atomic E-state index is 0.101. The van der Waals surface area contributed by atoms with Crippen molar-refractivity contribution in [2.24, 2.45) is 0 Å². The van der Waals surface area contributed by atoms with Crippen LogP contribution in [0.5, 0.6) is 0 Å². The molecule has 2 fully saturated rings. The summed E-state index contributed by atoms with van der Waals surface area (Å²) in [5, 5.41) is 9.03. The minimum Gasteiger partial charge on any atom is -0.480 e. The maximum Gasteiger partial charge on any atom is 0.323 e. The molecule has 8 nitrogen and oxygen atoms in total.